The lowest BCUT2D eigenvalue weighted by atomic mass is 10.3. The van der Waals surface area contributed by atoms with Crippen molar-refractivity contribution in [1.29, 1.82) is 0 Å². The van der Waals surface area contributed by atoms with Crippen LogP contribution in [0.15, 0.2) is 36.9 Å². The first-order chi connectivity index (χ1) is 10.6. The van der Waals surface area contributed by atoms with Crippen molar-refractivity contribution in [2.75, 3.05) is 19.7 Å². The molecule has 2 aromatic rings. The predicted octanol–water partition coefficient (Wildman–Crippen LogP) is 3.95. The monoisotopic (exact) mass is 341 g/mol. The molecule has 22 heavy (non-hydrogen) atoms. The van der Waals surface area contributed by atoms with Crippen LogP contribution in [-0.2, 0) is 0 Å². The van der Waals surface area contributed by atoms with E-state index in [1.165, 1.54) is 10.9 Å². The lowest BCUT2D eigenvalue weighted by Gasteiger charge is -2.22. The summed E-state index contributed by atoms with van der Waals surface area (Å²) in [5, 5.41) is 0.908. The maximum Gasteiger partial charge on any atom is 0.329 e. The van der Waals surface area contributed by atoms with Gasteiger partial charge in [0.1, 0.15) is 12.9 Å². The first-order valence-corrected chi connectivity index (χ1v) is 7.73. The van der Waals surface area contributed by atoms with E-state index in [0.717, 1.165) is 6.42 Å². The smallest absolute Gasteiger partial charge is 0.329 e. The maximum absolute atomic E-state index is 12.3. The van der Waals surface area contributed by atoms with Crippen LogP contribution >= 0.6 is 23.2 Å². The van der Waals surface area contributed by atoms with Crippen LogP contribution in [-0.4, -0.2) is 40.2 Å². The second kappa shape index (κ2) is 8.06. The number of aromatic nitrogens is 2. The predicted molar refractivity (Wildman–Crippen MR) is 86.8 cm³/mol. The van der Waals surface area contributed by atoms with Crippen LogP contribution in [0.25, 0.3) is 0 Å². The fourth-order valence-electron chi connectivity index (χ4n) is 1.99. The van der Waals surface area contributed by atoms with Gasteiger partial charge in [-0.15, -0.1) is 0 Å². The van der Waals surface area contributed by atoms with E-state index < -0.39 is 0 Å². The average molecular weight is 342 g/mol. The first kappa shape index (κ1) is 16.6. The Bertz CT molecular complexity index is 597. The molecule has 1 aromatic carbocycles. The zero-order valence-electron chi connectivity index (χ0n) is 12.2. The number of nitrogens with zero attached hydrogens (tertiary/aromatic N) is 3. The molecule has 1 aromatic heterocycles. The molecule has 2 rings (SSSR count). The van der Waals surface area contributed by atoms with Crippen molar-refractivity contribution in [3.63, 3.8) is 0 Å². The Kier molecular flexibility index (Phi) is 6.10. The quantitative estimate of drug-likeness (QED) is 0.799. The highest BCUT2D eigenvalue weighted by Crippen LogP contribution is 2.32. The Hall–Kier alpha value is -1.72. The third-order valence-electron chi connectivity index (χ3n) is 3.02. The number of amides is 1. The summed E-state index contributed by atoms with van der Waals surface area (Å²) in [6.45, 7) is 3.40. The van der Waals surface area contributed by atoms with Gasteiger partial charge in [-0.3, -0.25) is 4.57 Å². The summed E-state index contributed by atoms with van der Waals surface area (Å²) in [7, 11) is 0. The van der Waals surface area contributed by atoms with Crippen molar-refractivity contribution in [1.82, 2.24) is 14.5 Å². The molecule has 1 heterocycles. The van der Waals surface area contributed by atoms with Crippen LogP contribution in [0.2, 0.25) is 10.0 Å². The SMILES string of the molecule is CCCN(CCOc1c(Cl)cccc1Cl)C(=O)n1ccnc1. The summed E-state index contributed by atoms with van der Waals surface area (Å²) < 4.78 is 7.07. The van der Waals surface area contributed by atoms with E-state index in [-0.39, 0.29) is 6.03 Å². The average Bonchev–Trinajstić information content (AvgIpc) is 3.02. The molecular formula is C15H17Cl2N3O2. The van der Waals surface area contributed by atoms with E-state index in [9.17, 15) is 4.79 Å². The van der Waals surface area contributed by atoms with E-state index in [4.69, 9.17) is 27.9 Å². The van der Waals surface area contributed by atoms with Gasteiger partial charge >= 0.3 is 6.03 Å². The fourth-order valence-corrected chi connectivity index (χ4v) is 2.49. The number of hydrogen-bond donors (Lipinski definition) is 0. The van der Waals surface area contributed by atoms with Crippen molar-refractivity contribution in [3.8, 4) is 5.75 Å². The molecule has 0 N–H and O–H groups in total. The molecule has 1 amide bonds. The Morgan fingerprint density at radius 1 is 1.32 bits per heavy atom. The molecule has 0 unspecified atom stereocenters. The van der Waals surface area contributed by atoms with E-state index >= 15 is 0 Å². The molecule has 0 fully saturated rings. The number of imidazole rings is 1. The second-order valence-corrected chi connectivity index (χ2v) is 5.45. The van der Waals surface area contributed by atoms with Crippen LogP contribution in [0.5, 0.6) is 5.75 Å². The van der Waals surface area contributed by atoms with Gasteiger partial charge in [-0.25, -0.2) is 9.78 Å². The lowest BCUT2D eigenvalue weighted by molar-refractivity contribution is 0.184. The number of para-hydroxylation sites is 1. The zero-order chi connectivity index (χ0) is 15.9. The third-order valence-corrected chi connectivity index (χ3v) is 3.61. The number of carbonyl (C=O) groups excluding carboxylic acids is 1. The number of halogens is 2. The van der Waals surface area contributed by atoms with E-state index in [1.54, 1.807) is 35.5 Å². The Morgan fingerprint density at radius 2 is 2.05 bits per heavy atom. The molecule has 0 aliphatic carbocycles. The van der Waals surface area contributed by atoms with Gasteiger partial charge in [0, 0.05) is 18.9 Å². The fraction of sp³-hybridized carbons (Fsp3) is 0.333. The Balaban J connectivity index is 1.96. The molecule has 0 aliphatic rings. The minimum Gasteiger partial charge on any atom is -0.489 e. The molecule has 7 heteroatoms. The summed E-state index contributed by atoms with van der Waals surface area (Å²) in [6, 6.07) is 5.05. The molecule has 118 valence electrons. The van der Waals surface area contributed by atoms with Crippen LogP contribution in [0.4, 0.5) is 4.79 Å². The highest BCUT2D eigenvalue weighted by Gasteiger charge is 2.15. The summed E-state index contributed by atoms with van der Waals surface area (Å²) in [4.78, 5) is 17.9. The standard InChI is InChI=1S/C15H17Cl2N3O2/c1-2-7-19(15(21)20-8-6-18-11-20)9-10-22-14-12(16)4-3-5-13(14)17/h3-6,8,11H,2,7,9-10H2,1H3. The molecule has 0 aliphatic heterocycles. The van der Waals surface area contributed by atoms with Crippen molar-refractivity contribution in [2.45, 2.75) is 13.3 Å². The highest BCUT2D eigenvalue weighted by molar-refractivity contribution is 6.37. The zero-order valence-corrected chi connectivity index (χ0v) is 13.7. The first-order valence-electron chi connectivity index (χ1n) is 6.97. The van der Waals surface area contributed by atoms with Gasteiger partial charge in [-0.2, -0.15) is 0 Å². The van der Waals surface area contributed by atoms with Gasteiger partial charge in [0.15, 0.2) is 5.75 Å². The normalized spacial score (nSPS) is 10.5. The Labute approximate surface area is 139 Å². The molecular weight excluding hydrogens is 325 g/mol. The van der Waals surface area contributed by atoms with E-state index in [1.807, 2.05) is 6.92 Å². The van der Waals surface area contributed by atoms with Crippen LogP contribution in [0.1, 0.15) is 13.3 Å². The second-order valence-electron chi connectivity index (χ2n) is 4.64. The molecule has 0 saturated heterocycles. The molecule has 0 saturated carbocycles. The summed E-state index contributed by atoms with van der Waals surface area (Å²) >= 11 is 12.1. The minimum atomic E-state index is -0.131. The largest absolute Gasteiger partial charge is 0.489 e. The lowest BCUT2D eigenvalue weighted by Crippen LogP contribution is -2.37. The number of hydrogen-bond acceptors (Lipinski definition) is 3. The van der Waals surface area contributed by atoms with Crippen molar-refractivity contribution in [3.05, 3.63) is 47.0 Å². The van der Waals surface area contributed by atoms with Gasteiger partial charge in [-0.05, 0) is 18.6 Å². The molecule has 0 spiro atoms. The number of benzene rings is 1. The molecule has 0 bridgehead atoms. The van der Waals surface area contributed by atoms with Crippen molar-refractivity contribution in [2.24, 2.45) is 0 Å². The van der Waals surface area contributed by atoms with Gasteiger partial charge in [-0.1, -0.05) is 36.2 Å². The summed E-state index contributed by atoms with van der Waals surface area (Å²) in [5.41, 5.74) is 0. The van der Waals surface area contributed by atoms with Crippen LogP contribution < -0.4 is 4.74 Å². The van der Waals surface area contributed by atoms with Crippen molar-refractivity contribution >= 4 is 29.2 Å². The molecule has 0 atom stereocenters. The van der Waals surface area contributed by atoms with Crippen LogP contribution in [0, 0.1) is 0 Å². The highest BCUT2D eigenvalue weighted by atomic mass is 35.5. The number of ether oxygens (including phenoxy) is 1. The van der Waals surface area contributed by atoms with E-state index in [2.05, 4.69) is 4.98 Å². The summed E-state index contributed by atoms with van der Waals surface area (Å²) in [5.74, 6) is 0.442. The third kappa shape index (κ3) is 4.15. The topological polar surface area (TPSA) is 47.4 Å². The number of carbonyl (C=O) groups is 1. The molecule has 5 nitrogen and oxygen atoms in total. The number of rotatable bonds is 6. The van der Waals surface area contributed by atoms with Gasteiger partial charge in [0.25, 0.3) is 0 Å². The Morgan fingerprint density at radius 3 is 2.64 bits per heavy atom. The molecule has 0 radical (unpaired) electrons. The van der Waals surface area contributed by atoms with Crippen molar-refractivity contribution < 1.29 is 9.53 Å². The van der Waals surface area contributed by atoms with E-state index in [0.29, 0.717) is 35.5 Å². The van der Waals surface area contributed by atoms with Crippen LogP contribution in [0.3, 0.4) is 0 Å². The maximum atomic E-state index is 12.3. The van der Waals surface area contributed by atoms with Gasteiger partial charge < -0.3 is 9.64 Å². The minimum absolute atomic E-state index is 0.131. The van der Waals surface area contributed by atoms with Gasteiger partial charge in [0.05, 0.1) is 16.6 Å². The van der Waals surface area contributed by atoms with Gasteiger partial charge in [0.2, 0.25) is 0 Å². The summed E-state index contributed by atoms with van der Waals surface area (Å²) in [6.07, 6.45) is 5.53.